The van der Waals surface area contributed by atoms with E-state index in [0.29, 0.717) is 0 Å². The molecule has 140 valence electrons. The van der Waals surface area contributed by atoms with Gasteiger partial charge in [0.15, 0.2) is 17.9 Å². The molecule has 0 amide bonds. The second kappa shape index (κ2) is 7.38. The standard InChI is InChI=1S/C14H16N3O8P/c1-22-26(21)25-10-9-12(24-14(10,6-18)7-23-9)17-5-8(3-2-4-15)11(19)16-13(17)20/h5,9-10,12,18H,4,6-7,15H2,1H3/p+1. The summed E-state index contributed by atoms with van der Waals surface area (Å²) in [6, 6.07) is 0. The minimum atomic E-state index is -2.46. The minimum Gasteiger partial charge on any atom is -0.393 e. The summed E-state index contributed by atoms with van der Waals surface area (Å²) in [7, 11) is -1.25. The lowest BCUT2D eigenvalue weighted by atomic mass is 10.0. The number of rotatable bonds is 5. The quantitative estimate of drug-likeness (QED) is 0.392. The van der Waals surface area contributed by atoms with Gasteiger partial charge in [-0.3, -0.25) is 14.3 Å². The number of H-pyrrole nitrogens is 1. The van der Waals surface area contributed by atoms with Crippen LogP contribution in [0.15, 0.2) is 15.8 Å². The van der Waals surface area contributed by atoms with E-state index in [1.54, 1.807) is 0 Å². The number of nitrogens with zero attached hydrogens (tertiary/aromatic N) is 1. The molecule has 5 atom stereocenters. The first-order valence-electron chi connectivity index (χ1n) is 7.58. The summed E-state index contributed by atoms with van der Waals surface area (Å²) < 4.78 is 34.0. The van der Waals surface area contributed by atoms with Crippen LogP contribution in [0.1, 0.15) is 11.8 Å². The van der Waals surface area contributed by atoms with Gasteiger partial charge in [-0.15, -0.1) is 9.05 Å². The van der Waals surface area contributed by atoms with Crippen LogP contribution in [0.25, 0.3) is 0 Å². The molecule has 2 saturated heterocycles. The summed E-state index contributed by atoms with van der Waals surface area (Å²) in [6.07, 6.45) is -1.59. The van der Waals surface area contributed by atoms with Gasteiger partial charge in [0.2, 0.25) is 0 Å². The molecule has 0 aliphatic carbocycles. The van der Waals surface area contributed by atoms with Crippen LogP contribution in [0.4, 0.5) is 0 Å². The Labute approximate surface area is 148 Å². The van der Waals surface area contributed by atoms with Crippen molar-refractivity contribution in [1.82, 2.24) is 9.55 Å². The van der Waals surface area contributed by atoms with Gasteiger partial charge in [0.05, 0.1) is 26.9 Å². The molecule has 2 aliphatic heterocycles. The van der Waals surface area contributed by atoms with E-state index in [9.17, 15) is 19.3 Å². The first-order valence-corrected chi connectivity index (χ1v) is 8.68. The smallest absolute Gasteiger partial charge is 0.393 e. The van der Waals surface area contributed by atoms with Gasteiger partial charge < -0.3 is 20.3 Å². The van der Waals surface area contributed by atoms with Crippen molar-refractivity contribution in [3.8, 4) is 11.8 Å². The van der Waals surface area contributed by atoms with E-state index in [-0.39, 0.29) is 18.7 Å². The molecule has 11 nitrogen and oxygen atoms in total. The largest absolute Gasteiger partial charge is 0.697 e. The number of nitrogens with one attached hydrogen (secondary N) is 1. The Morgan fingerprint density at radius 2 is 2.35 bits per heavy atom. The van der Waals surface area contributed by atoms with Crippen LogP contribution in [0.5, 0.6) is 0 Å². The SMILES string of the molecule is CO[P+](=O)OC1C2OCC1(CO)OC2n1cc(C#CCN)c(=O)[nH]c1=O. The van der Waals surface area contributed by atoms with Crippen LogP contribution in [0, 0.1) is 11.8 Å². The van der Waals surface area contributed by atoms with Crippen molar-refractivity contribution in [2.75, 3.05) is 26.9 Å². The number of hydrogen-bond acceptors (Lipinski definition) is 9. The van der Waals surface area contributed by atoms with E-state index in [0.717, 1.165) is 4.57 Å². The molecule has 2 fully saturated rings. The summed E-state index contributed by atoms with van der Waals surface area (Å²) in [4.78, 5) is 26.2. The maximum atomic E-state index is 12.2. The molecule has 0 aromatic carbocycles. The van der Waals surface area contributed by atoms with Gasteiger partial charge in [-0.2, -0.15) is 0 Å². The molecule has 12 heteroatoms. The van der Waals surface area contributed by atoms with Crippen molar-refractivity contribution in [3.63, 3.8) is 0 Å². The maximum absolute atomic E-state index is 12.2. The predicted octanol–water partition coefficient (Wildman–Crippen LogP) is -1.81. The van der Waals surface area contributed by atoms with Gasteiger partial charge in [-0.1, -0.05) is 11.8 Å². The molecule has 1 aromatic heterocycles. The average Bonchev–Trinajstić information content (AvgIpc) is 3.13. The van der Waals surface area contributed by atoms with E-state index in [2.05, 4.69) is 21.3 Å². The van der Waals surface area contributed by atoms with Crippen molar-refractivity contribution in [2.24, 2.45) is 5.73 Å². The Morgan fingerprint density at radius 1 is 1.58 bits per heavy atom. The van der Waals surface area contributed by atoms with Crippen LogP contribution in [0.2, 0.25) is 0 Å². The van der Waals surface area contributed by atoms with Crippen LogP contribution < -0.4 is 17.0 Å². The van der Waals surface area contributed by atoms with Crippen LogP contribution in [-0.4, -0.2) is 59.3 Å². The second-order valence-electron chi connectivity index (χ2n) is 5.65. The minimum absolute atomic E-state index is 0.0137. The predicted molar refractivity (Wildman–Crippen MR) is 86.4 cm³/mol. The monoisotopic (exact) mass is 386 g/mol. The molecule has 3 rings (SSSR count). The topological polar surface area (TPSA) is 155 Å². The van der Waals surface area contributed by atoms with Crippen molar-refractivity contribution in [3.05, 3.63) is 32.6 Å². The number of aliphatic hydroxyl groups is 1. The van der Waals surface area contributed by atoms with Gasteiger partial charge >= 0.3 is 13.9 Å². The van der Waals surface area contributed by atoms with Crippen molar-refractivity contribution >= 4 is 8.25 Å². The number of hydrogen-bond donors (Lipinski definition) is 3. The third-order valence-corrected chi connectivity index (χ3v) is 4.85. The number of ether oxygens (including phenoxy) is 2. The first-order chi connectivity index (χ1) is 12.5. The molecule has 1 aromatic rings. The second-order valence-corrected chi connectivity index (χ2v) is 6.68. The van der Waals surface area contributed by atoms with E-state index in [1.807, 2.05) is 0 Å². The molecule has 5 unspecified atom stereocenters. The fourth-order valence-electron chi connectivity index (χ4n) is 2.94. The van der Waals surface area contributed by atoms with Crippen molar-refractivity contribution in [1.29, 1.82) is 0 Å². The highest BCUT2D eigenvalue weighted by atomic mass is 31.1. The lowest BCUT2D eigenvalue weighted by Gasteiger charge is -2.29. The van der Waals surface area contributed by atoms with E-state index in [4.69, 9.17) is 19.7 Å². The third-order valence-electron chi connectivity index (χ3n) is 4.16. The average molecular weight is 386 g/mol. The molecule has 2 aliphatic rings. The van der Waals surface area contributed by atoms with Gasteiger partial charge in [0.1, 0.15) is 11.7 Å². The fraction of sp³-hybridized carbons (Fsp3) is 0.571. The van der Waals surface area contributed by atoms with Gasteiger partial charge in [0, 0.05) is 10.8 Å². The lowest BCUT2D eigenvalue weighted by Crippen LogP contribution is -2.45. The van der Waals surface area contributed by atoms with Crippen LogP contribution >= 0.6 is 8.25 Å². The molecular weight excluding hydrogens is 369 g/mol. The number of fused-ring (bicyclic) bond motifs is 2. The van der Waals surface area contributed by atoms with Crippen molar-refractivity contribution in [2.45, 2.75) is 24.0 Å². The summed E-state index contributed by atoms with van der Waals surface area (Å²) in [5.74, 6) is 5.09. The normalized spacial score (nSPS) is 30.1. The molecule has 2 bridgehead atoms. The van der Waals surface area contributed by atoms with E-state index >= 15 is 0 Å². The summed E-state index contributed by atoms with van der Waals surface area (Å²) >= 11 is 0. The zero-order valence-corrected chi connectivity index (χ0v) is 14.6. The highest BCUT2D eigenvalue weighted by molar-refractivity contribution is 7.33. The van der Waals surface area contributed by atoms with E-state index < -0.39 is 50.1 Å². The summed E-state index contributed by atoms with van der Waals surface area (Å²) in [5.41, 5.74) is 2.59. The maximum Gasteiger partial charge on any atom is 0.697 e. The zero-order valence-electron chi connectivity index (χ0n) is 13.7. The van der Waals surface area contributed by atoms with Gasteiger partial charge in [-0.05, 0) is 0 Å². The number of nitrogens with two attached hydrogens (primary N) is 1. The summed E-state index contributed by atoms with van der Waals surface area (Å²) in [5, 5.41) is 9.75. The van der Waals surface area contributed by atoms with Gasteiger partial charge in [-0.25, -0.2) is 4.79 Å². The number of aromatic nitrogens is 2. The Bertz CT molecular complexity index is 887. The number of aromatic amines is 1. The molecule has 0 radical (unpaired) electrons. The third kappa shape index (κ3) is 3.13. The Balaban J connectivity index is 2.00. The molecule has 4 N–H and O–H groups in total. The molecule has 3 heterocycles. The molecule has 0 spiro atoms. The molecule has 26 heavy (non-hydrogen) atoms. The Hall–Kier alpha value is -1.90. The van der Waals surface area contributed by atoms with E-state index in [1.165, 1.54) is 13.3 Å². The zero-order chi connectivity index (χ0) is 18.9. The first kappa shape index (κ1) is 18.9. The van der Waals surface area contributed by atoms with Crippen molar-refractivity contribution < 1.29 is 28.2 Å². The highest BCUT2D eigenvalue weighted by Gasteiger charge is 2.66. The van der Waals surface area contributed by atoms with Crippen LogP contribution in [0.3, 0.4) is 0 Å². The lowest BCUT2D eigenvalue weighted by molar-refractivity contribution is -0.187. The molecular formula is C14H17N3O8P+. The van der Waals surface area contributed by atoms with Gasteiger partial charge in [0.25, 0.3) is 5.56 Å². The molecule has 0 saturated carbocycles. The highest BCUT2D eigenvalue weighted by Crippen LogP contribution is 2.48. The van der Waals surface area contributed by atoms with Crippen LogP contribution in [-0.2, 0) is 23.1 Å². The number of aliphatic hydroxyl groups excluding tert-OH is 1. The Morgan fingerprint density at radius 3 is 3.00 bits per heavy atom. The Kier molecular flexibility index (Phi) is 5.36. The summed E-state index contributed by atoms with van der Waals surface area (Å²) in [6.45, 7) is -0.465. The fourth-order valence-corrected chi connectivity index (χ4v) is 3.52.